The van der Waals surface area contributed by atoms with Gasteiger partial charge in [-0.2, -0.15) is 4.31 Å². The minimum atomic E-state index is -3.03. The molecular weight excluding hydrogens is 284 g/mol. The van der Waals surface area contributed by atoms with Crippen molar-refractivity contribution in [2.24, 2.45) is 0 Å². The molecule has 0 amide bonds. The van der Waals surface area contributed by atoms with E-state index in [4.69, 9.17) is 0 Å². The normalized spacial score (nSPS) is 18.3. The summed E-state index contributed by atoms with van der Waals surface area (Å²) in [5.74, 6) is 0.755. The van der Waals surface area contributed by atoms with Gasteiger partial charge in [-0.05, 0) is 24.0 Å². The summed E-state index contributed by atoms with van der Waals surface area (Å²) in [5, 5.41) is 0. The molecule has 118 valence electrons. The van der Waals surface area contributed by atoms with Gasteiger partial charge in [-0.25, -0.2) is 8.42 Å². The van der Waals surface area contributed by atoms with Gasteiger partial charge < -0.3 is 0 Å². The number of hydrogen-bond donors (Lipinski definition) is 0. The van der Waals surface area contributed by atoms with E-state index < -0.39 is 10.0 Å². The van der Waals surface area contributed by atoms with Crippen LogP contribution < -0.4 is 0 Å². The zero-order valence-corrected chi connectivity index (χ0v) is 14.1. The molecule has 1 aliphatic heterocycles. The average Bonchev–Trinajstić information content (AvgIpc) is 2.48. The summed E-state index contributed by atoms with van der Waals surface area (Å²) in [5.41, 5.74) is 2.66. The van der Waals surface area contributed by atoms with Crippen molar-refractivity contribution in [2.45, 2.75) is 33.2 Å². The van der Waals surface area contributed by atoms with Crippen LogP contribution in [0.5, 0.6) is 0 Å². The molecule has 21 heavy (non-hydrogen) atoms. The van der Waals surface area contributed by atoms with Gasteiger partial charge in [-0.15, -0.1) is 0 Å². The number of sulfonamides is 1. The van der Waals surface area contributed by atoms with Crippen LogP contribution in [-0.2, 0) is 16.6 Å². The van der Waals surface area contributed by atoms with Crippen LogP contribution in [-0.4, -0.2) is 49.6 Å². The Kier molecular flexibility index (Phi) is 5.41. The van der Waals surface area contributed by atoms with E-state index in [1.165, 1.54) is 11.1 Å². The Morgan fingerprint density at radius 3 is 2.10 bits per heavy atom. The first-order chi connectivity index (χ1) is 9.92. The van der Waals surface area contributed by atoms with Gasteiger partial charge in [0.25, 0.3) is 0 Å². The molecule has 2 rings (SSSR count). The molecular formula is C16H26N2O2S. The highest BCUT2D eigenvalue weighted by Crippen LogP contribution is 2.16. The van der Waals surface area contributed by atoms with Gasteiger partial charge in [-0.1, -0.05) is 38.1 Å². The summed E-state index contributed by atoms with van der Waals surface area (Å²) in [7, 11) is -3.03. The number of benzene rings is 1. The number of nitrogens with zero attached hydrogens (tertiary/aromatic N) is 2. The van der Waals surface area contributed by atoms with Gasteiger partial charge in [0, 0.05) is 32.7 Å². The van der Waals surface area contributed by atoms with Crippen LogP contribution in [0.4, 0.5) is 0 Å². The minimum absolute atomic E-state index is 0.198. The van der Waals surface area contributed by atoms with Gasteiger partial charge in [0.1, 0.15) is 0 Å². The van der Waals surface area contributed by atoms with Crippen LogP contribution in [0.3, 0.4) is 0 Å². The lowest BCUT2D eigenvalue weighted by Gasteiger charge is -2.33. The van der Waals surface area contributed by atoms with Gasteiger partial charge in [0.2, 0.25) is 10.0 Å². The summed E-state index contributed by atoms with van der Waals surface area (Å²) < 4.78 is 25.3. The van der Waals surface area contributed by atoms with Crippen molar-refractivity contribution in [3.63, 3.8) is 0 Å². The molecule has 0 aromatic heterocycles. The van der Waals surface area contributed by atoms with Gasteiger partial charge >= 0.3 is 0 Å². The third-order valence-electron chi connectivity index (χ3n) is 4.14. The van der Waals surface area contributed by atoms with Crippen molar-refractivity contribution >= 4 is 10.0 Å². The summed E-state index contributed by atoms with van der Waals surface area (Å²) in [6.07, 6.45) is 0. The molecule has 0 saturated carbocycles. The van der Waals surface area contributed by atoms with Gasteiger partial charge in [0.15, 0.2) is 0 Å². The Balaban J connectivity index is 1.89. The molecule has 1 saturated heterocycles. The van der Waals surface area contributed by atoms with Crippen LogP contribution in [0, 0.1) is 0 Å². The Bertz CT molecular complexity index is 544. The lowest BCUT2D eigenvalue weighted by atomic mass is 10.0. The molecule has 5 heteroatoms. The van der Waals surface area contributed by atoms with Crippen LogP contribution in [0.2, 0.25) is 0 Å². The molecule has 0 N–H and O–H groups in total. The van der Waals surface area contributed by atoms with Crippen LogP contribution >= 0.6 is 0 Å². The number of piperazine rings is 1. The second-order valence-electron chi connectivity index (χ2n) is 5.97. The minimum Gasteiger partial charge on any atom is -0.296 e. The van der Waals surface area contributed by atoms with E-state index in [-0.39, 0.29) is 5.75 Å². The Morgan fingerprint density at radius 2 is 1.62 bits per heavy atom. The monoisotopic (exact) mass is 310 g/mol. The van der Waals surface area contributed by atoms with E-state index >= 15 is 0 Å². The zero-order chi connectivity index (χ0) is 15.5. The largest absolute Gasteiger partial charge is 0.296 e. The molecule has 0 bridgehead atoms. The van der Waals surface area contributed by atoms with Crippen molar-refractivity contribution in [3.8, 4) is 0 Å². The van der Waals surface area contributed by atoms with Crippen LogP contribution in [0.15, 0.2) is 24.3 Å². The van der Waals surface area contributed by atoms with Crippen molar-refractivity contribution < 1.29 is 8.42 Å². The fraction of sp³-hybridized carbons (Fsp3) is 0.625. The molecule has 1 aliphatic rings. The maximum atomic E-state index is 11.8. The van der Waals surface area contributed by atoms with Crippen molar-refractivity contribution in [1.29, 1.82) is 0 Å². The fourth-order valence-electron chi connectivity index (χ4n) is 2.61. The molecule has 4 nitrogen and oxygen atoms in total. The van der Waals surface area contributed by atoms with Crippen LogP contribution in [0.25, 0.3) is 0 Å². The molecule has 1 fully saturated rings. The molecule has 1 aromatic carbocycles. The summed E-state index contributed by atoms with van der Waals surface area (Å²) >= 11 is 0. The number of hydrogen-bond acceptors (Lipinski definition) is 3. The molecule has 0 radical (unpaired) electrons. The highest BCUT2D eigenvalue weighted by Gasteiger charge is 2.25. The maximum Gasteiger partial charge on any atom is 0.213 e. The molecule has 0 spiro atoms. The van der Waals surface area contributed by atoms with E-state index in [0.717, 1.165) is 19.6 Å². The predicted molar refractivity (Wildman–Crippen MR) is 86.8 cm³/mol. The van der Waals surface area contributed by atoms with E-state index in [1.54, 1.807) is 11.2 Å². The highest BCUT2D eigenvalue weighted by molar-refractivity contribution is 7.89. The third-order valence-corrected chi connectivity index (χ3v) is 6.02. The Morgan fingerprint density at radius 1 is 1.05 bits per heavy atom. The van der Waals surface area contributed by atoms with Gasteiger partial charge in [0.05, 0.1) is 5.75 Å². The van der Waals surface area contributed by atoms with Crippen molar-refractivity contribution in [1.82, 2.24) is 9.21 Å². The first-order valence-corrected chi connectivity index (χ1v) is 9.32. The summed E-state index contributed by atoms with van der Waals surface area (Å²) in [6.45, 7) is 9.85. The van der Waals surface area contributed by atoms with Gasteiger partial charge in [-0.3, -0.25) is 4.90 Å². The Labute approximate surface area is 128 Å². The second kappa shape index (κ2) is 6.90. The van der Waals surface area contributed by atoms with E-state index in [9.17, 15) is 8.42 Å². The fourth-order valence-corrected chi connectivity index (χ4v) is 3.70. The average molecular weight is 310 g/mol. The Hall–Kier alpha value is -0.910. The standard InChI is InChI=1S/C16H26N2O2S/c1-4-21(19,20)18-11-9-17(10-12-18)13-15-5-7-16(8-6-15)14(2)3/h5-8,14H,4,9-13H2,1-3H3. The van der Waals surface area contributed by atoms with Crippen LogP contribution in [0.1, 0.15) is 37.8 Å². The topological polar surface area (TPSA) is 40.6 Å². The quantitative estimate of drug-likeness (QED) is 0.838. The first-order valence-electron chi connectivity index (χ1n) is 7.71. The van der Waals surface area contributed by atoms with Crippen molar-refractivity contribution in [2.75, 3.05) is 31.9 Å². The molecule has 1 heterocycles. The lowest BCUT2D eigenvalue weighted by Crippen LogP contribution is -2.48. The number of rotatable bonds is 5. The van der Waals surface area contributed by atoms with E-state index in [2.05, 4.69) is 43.0 Å². The molecule has 0 atom stereocenters. The SMILES string of the molecule is CCS(=O)(=O)N1CCN(Cc2ccc(C(C)C)cc2)CC1. The van der Waals surface area contributed by atoms with E-state index in [0.29, 0.717) is 19.0 Å². The first kappa shape index (κ1) is 16.5. The van der Waals surface area contributed by atoms with Crippen molar-refractivity contribution in [3.05, 3.63) is 35.4 Å². The third kappa shape index (κ3) is 4.28. The summed E-state index contributed by atoms with van der Waals surface area (Å²) in [6, 6.07) is 8.75. The molecule has 0 unspecified atom stereocenters. The zero-order valence-electron chi connectivity index (χ0n) is 13.2. The molecule has 1 aromatic rings. The smallest absolute Gasteiger partial charge is 0.213 e. The summed E-state index contributed by atoms with van der Waals surface area (Å²) in [4.78, 5) is 2.33. The molecule has 0 aliphatic carbocycles. The maximum absolute atomic E-state index is 11.8. The second-order valence-corrected chi connectivity index (χ2v) is 8.23. The lowest BCUT2D eigenvalue weighted by molar-refractivity contribution is 0.181. The van der Waals surface area contributed by atoms with E-state index in [1.807, 2.05) is 0 Å². The predicted octanol–water partition coefficient (Wildman–Crippen LogP) is 2.28. The highest BCUT2D eigenvalue weighted by atomic mass is 32.2.